The molecule has 1 aromatic carbocycles. The highest BCUT2D eigenvalue weighted by atomic mass is 19.1. The van der Waals surface area contributed by atoms with Gasteiger partial charge < -0.3 is 0 Å². The molecule has 0 bridgehead atoms. The lowest BCUT2D eigenvalue weighted by Gasteiger charge is -2.21. The number of hydrogen-bond donors (Lipinski definition) is 0. The lowest BCUT2D eigenvalue weighted by Crippen LogP contribution is -2.25. The van der Waals surface area contributed by atoms with Crippen molar-refractivity contribution in [3.05, 3.63) is 65.5 Å². The lowest BCUT2D eigenvalue weighted by molar-refractivity contribution is 0.252. The Morgan fingerprint density at radius 3 is 2.43 bits per heavy atom. The second-order valence-corrected chi connectivity index (χ2v) is 4.64. The fraction of sp³-hybridized carbons (Fsp3) is 0.250. The van der Waals surface area contributed by atoms with Crippen LogP contribution in [0.2, 0.25) is 0 Å². The van der Waals surface area contributed by atoms with Gasteiger partial charge in [-0.15, -0.1) is 0 Å². The molecule has 0 saturated carbocycles. The minimum absolute atomic E-state index is 0.0198. The molecule has 0 radical (unpaired) electrons. The van der Waals surface area contributed by atoms with Gasteiger partial charge in [0.05, 0.1) is 11.8 Å². The molecule has 0 aliphatic rings. The maximum absolute atomic E-state index is 13.7. The number of nitriles is 1. The topological polar surface area (TPSA) is 39.9 Å². The van der Waals surface area contributed by atoms with Gasteiger partial charge in [-0.05, 0) is 24.3 Å². The molecule has 2 rings (SSSR count). The Morgan fingerprint density at radius 1 is 1.05 bits per heavy atom. The third-order valence-electron chi connectivity index (χ3n) is 3.09. The Morgan fingerprint density at radius 2 is 1.81 bits per heavy atom. The van der Waals surface area contributed by atoms with Gasteiger partial charge in [0.2, 0.25) is 0 Å². The predicted molar refractivity (Wildman–Crippen MR) is 74.9 cm³/mol. The van der Waals surface area contributed by atoms with Crippen LogP contribution < -0.4 is 0 Å². The minimum atomic E-state index is -0.571. The van der Waals surface area contributed by atoms with E-state index in [4.69, 9.17) is 5.26 Å². The van der Waals surface area contributed by atoms with E-state index in [2.05, 4.69) is 4.98 Å². The van der Waals surface area contributed by atoms with Crippen molar-refractivity contribution in [1.82, 2.24) is 9.88 Å². The summed E-state index contributed by atoms with van der Waals surface area (Å²) >= 11 is 0. The normalized spacial score (nSPS) is 10.6. The van der Waals surface area contributed by atoms with E-state index in [-0.39, 0.29) is 12.1 Å². The van der Waals surface area contributed by atoms with E-state index in [1.165, 1.54) is 18.2 Å². The molecular formula is C16H15F2N3. The van der Waals surface area contributed by atoms with Crippen LogP contribution in [0.1, 0.15) is 17.7 Å². The van der Waals surface area contributed by atoms with E-state index in [9.17, 15) is 8.78 Å². The summed E-state index contributed by atoms with van der Waals surface area (Å²) in [4.78, 5) is 6.01. The van der Waals surface area contributed by atoms with Gasteiger partial charge >= 0.3 is 0 Å². The molecule has 0 unspecified atom stereocenters. The number of pyridine rings is 1. The molecule has 0 aliphatic carbocycles. The standard InChI is InChI=1S/C16H15F2N3/c17-15-6-3-7-16(18)14(15)12-21(10-4-8-19)11-13-5-1-2-9-20-13/h1-3,5-7,9H,4,10-12H2. The molecule has 1 heterocycles. The van der Waals surface area contributed by atoms with Crippen LogP contribution in [0.5, 0.6) is 0 Å². The molecule has 0 spiro atoms. The highest BCUT2D eigenvalue weighted by Gasteiger charge is 2.14. The van der Waals surface area contributed by atoms with Crippen LogP contribution in [0.25, 0.3) is 0 Å². The minimum Gasteiger partial charge on any atom is -0.292 e. The molecule has 3 nitrogen and oxygen atoms in total. The summed E-state index contributed by atoms with van der Waals surface area (Å²) in [6.07, 6.45) is 1.96. The molecule has 108 valence electrons. The molecule has 0 N–H and O–H groups in total. The molecular weight excluding hydrogens is 272 g/mol. The van der Waals surface area contributed by atoms with Crippen LogP contribution in [0.15, 0.2) is 42.6 Å². The third kappa shape index (κ3) is 4.33. The zero-order chi connectivity index (χ0) is 15.1. The van der Waals surface area contributed by atoms with Crippen LogP contribution in [-0.2, 0) is 13.1 Å². The van der Waals surface area contributed by atoms with Gasteiger partial charge in [-0.3, -0.25) is 9.88 Å². The van der Waals surface area contributed by atoms with E-state index >= 15 is 0 Å². The van der Waals surface area contributed by atoms with Crippen LogP contribution in [0.4, 0.5) is 8.78 Å². The number of nitrogens with zero attached hydrogens (tertiary/aromatic N) is 3. The predicted octanol–water partition coefficient (Wildman–Crippen LogP) is 3.28. The molecule has 0 fully saturated rings. The number of benzene rings is 1. The van der Waals surface area contributed by atoms with Gasteiger partial charge in [-0.1, -0.05) is 12.1 Å². The summed E-state index contributed by atoms with van der Waals surface area (Å²) in [6.45, 7) is 0.980. The van der Waals surface area contributed by atoms with Gasteiger partial charge in [-0.2, -0.15) is 5.26 Å². The maximum atomic E-state index is 13.7. The largest absolute Gasteiger partial charge is 0.292 e. The quantitative estimate of drug-likeness (QED) is 0.818. The number of aromatic nitrogens is 1. The third-order valence-corrected chi connectivity index (χ3v) is 3.09. The smallest absolute Gasteiger partial charge is 0.130 e. The van der Waals surface area contributed by atoms with E-state index in [0.717, 1.165) is 5.69 Å². The van der Waals surface area contributed by atoms with Crippen molar-refractivity contribution in [3.8, 4) is 6.07 Å². The van der Waals surface area contributed by atoms with E-state index in [0.29, 0.717) is 19.5 Å². The maximum Gasteiger partial charge on any atom is 0.130 e. The lowest BCUT2D eigenvalue weighted by atomic mass is 10.1. The van der Waals surface area contributed by atoms with Crippen LogP contribution in [0.3, 0.4) is 0 Å². The number of hydrogen-bond acceptors (Lipinski definition) is 3. The molecule has 5 heteroatoms. The number of rotatable bonds is 6. The Kier molecular flexibility index (Phi) is 5.35. The zero-order valence-corrected chi connectivity index (χ0v) is 11.5. The molecule has 0 saturated heterocycles. The van der Waals surface area contributed by atoms with Crippen molar-refractivity contribution in [3.63, 3.8) is 0 Å². The van der Waals surface area contributed by atoms with Crippen LogP contribution >= 0.6 is 0 Å². The zero-order valence-electron chi connectivity index (χ0n) is 11.5. The van der Waals surface area contributed by atoms with E-state index in [1.807, 2.05) is 23.1 Å². The first-order valence-corrected chi connectivity index (χ1v) is 6.63. The van der Waals surface area contributed by atoms with Gasteiger partial charge in [0, 0.05) is 37.8 Å². The molecule has 1 aromatic heterocycles. The molecule has 0 aliphatic heterocycles. The summed E-state index contributed by atoms with van der Waals surface area (Å²) in [5.74, 6) is -1.14. The monoisotopic (exact) mass is 287 g/mol. The highest BCUT2D eigenvalue weighted by molar-refractivity contribution is 5.19. The average molecular weight is 287 g/mol. The van der Waals surface area contributed by atoms with E-state index in [1.54, 1.807) is 12.3 Å². The Hall–Kier alpha value is -2.32. The second-order valence-electron chi connectivity index (χ2n) is 4.64. The van der Waals surface area contributed by atoms with Crippen molar-refractivity contribution < 1.29 is 8.78 Å². The SMILES string of the molecule is N#CCCN(Cc1ccccn1)Cc1c(F)cccc1F. The van der Waals surface area contributed by atoms with Crippen molar-refractivity contribution >= 4 is 0 Å². The van der Waals surface area contributed by atoms with E-state index < -0.39 is 11.6 Å². The Labute approximate surface area is 122 Å². The van der Waals surface area contributed by atoms with Crippen molar-refractivity contribution in [2.24, 2.45) is 0 Å². The fourth-order valence-corrected chi connectivity index (χ4v) is 2.05. The first-order chi connectivity index (χ1) is 10.2. The van der Waals surface area contributed by atoms with Gasteiger partial charge in [0.1, 0.15) is 11.6 Å². The summed E-state index contributed by atoms with van der Waals surface area (Å²) in [5.41, 5.74) is 0.818. The number of halogens is 2. The Bertz CT molecular complexity index is 603. The van der Waals surface area contributed by atoms with Crippen LogP contribution in [0, 0.1) is 23.0 Å². The molecule has 0 atom stereocenters. The molecule has 21 heavy (non-hydrogen) atoms. The molecule has 0 amide bonds. The Balaban J connectivity index is 2.15. The first-order valence-electron chi connectivity index (χ1n) is 6.63. The summed E-state index contributed by atoms with van der Waals surface area (Å²) < 4.78 is 27.4. The second kappa shape index (κ2) is 7.46. The summed E-state index contributed by atoms with van der Waals surface area (Å²) in [6, 6.07) is 11.4. The van der Waals surface area contributed by atoms with Gasteiger partial charge in [0.15, 0.2) is 0 Å². The first kappa shape index (κ1) is 15.1. The summed E-state index contributed by atoms with van der Waals surface area (Å²) in [7, 11) is 0. The van der Waals surface area contributed by atoms with Crippen molar-refractivity contribution in [1.29, 1.82) is 5.26 Å². The summed E-state index contributed by atoms with van der Waals surface area (Å²) in [5, 5.41) is 8.72. The fourth-order valence-electron chi connectivity index (χ4n) is 2.05. The van der Waals surface area contributed by atoms with Crippen molar-refractivity contribution in [2.45, 2.75) is 19.5 Å². The molecule has 2 aromatic rings. The van der Waals surface area contributed by atoms with Gasteiger partial charge in [0.25, 0.3) is 0 Å². The van der Waals surface area contributed by atoms with Crippen molar-refractivity contribution in [2.75, 3.05) is 6.54 Å². The van der Waals surface area contributed by atoms with Gasteiger partial charge in [-0.25, -0.2) is 8.78 Å². The average Bonchev–Trinajstić information content (AvgIpc) is 2.49. The highest BCUT2D eigenvalue weighted by Crippen LogP contribution is 2.16. The van der Waals surface area contributed by atoms with Crippen LogP contribution in [-0.4, -0.2) is 16.4 Å².